The summed E-state index contributed by atoms with van der Waals surface area (Å²) in [7, 11) is 0. The van der Waals surface area contributed by atoms with E-state index in [0.717, 1.165) is 0 Å². The van der Waals surface area contributed by atoms with Crippen LogP contribution in [0.25, 0.3) is 0 Å². The molecule has 0 aromatic carbocycles. The highest BCUT2D eigenvalue weighted by molar-refractivity contribution is 5.80. The minimum absolute atomic E-state index is 0.0414. The van der Waals surface area contributed by atoms with Gasteiger partial charge in [-0.3, -0.25) is 0 Å². The normalized spacial score (nSPS) is 18.7. The number of carboxylic acid groups (broad SMARTS) is 1. The topological polar surface area (TPSA) is 103 Å². The number of piperazine rings is 1. The Morgan fingerprint density at radius 3 is 2.61 bits per heavy atom. The van der Waals surface area contributed by atoms with Crippen molar-refractivity contribution in [2.45, 2.75) is 32.4 Å². The van der Waals surface area contributed by atoms with Crippen molar-refractivity contribution in [3.63, 3.8) is 0 Å². The number of hydrogen-bond donors (Lipinski definition) is 2. The third-order valence-electron chi connectivity index (χ3n) is 3.36. The molecule has 0 saturated carbocycles. The van der Waals surface area contributed by atoms with Gasteiger partial charge in [-0.1, -0.05) is 0 Å². The number of anilines is 1. The lowest BCUT2D eigenvalue weighted by Crippen LogP contribution is -2.58. The van der Waals surface area contributed by atoms with E-state index in [1.807, 2.05) is 0 Å². The smallest absolute Gasteiger partial charge is 0.410 e. The van der Waals surface area contributed by atoms with Gasteiger partial charge >= 0.3 is 12.1 Å². The lowest BCUT2D eigenvalue weighted by molar-refractivity contribution is -0.139. The molecule has 1 aliphatic heterocycles. The van der Waals surface area contributed by atoms with Gasteiger partial charge in [0.05, 0.1) is 6.54 Å². The van der Waals surface area contributed by atoms with E-state index in [2.05, 4.69) is 4.98 Å². The average molecular weight is 323 g/mol. The number of aliphatic carboxylic acids is 1. The van der Waals surface area contributed by atoms with Gasteiger partial charge in [0.2, 0.25) is 0 Å². The number of amides is 1. The second kappa shape index (κ2) is 6.31. The number of nitrogens with zero attached hydrogens (tertiary/aromatic N) is 3. The van der Waals surface area contributed by atoms with Crippen LogP contribution in [0.5, 0.6) is 5.75 Å². The van der Waals surface area contributed by atoms with Crippen molar-refractivity contribution in [3.05, 3.63) is 18.3 Å². The third kappa shape index (κ3) is 4.02. The molecule has 0 unspecified atom stereocenters. The van der Waals surface area contributed by atoms with Crippen LogP contribution >= 0.6 is 0 Å². The molecule has 2 heterocycles. The summed E-state index contributed by atoms with van der Waals surface area (Å²) in [5.74, 6) is -0.989. The van der Waals surface area contributed by atoms with Crippen molar-refractivity contribution in [1.82, 2.24) is 9.88 Å². The molecule has 0 aliphatic carbocycles. The maximum atomic E-state index is 12.1. The zero-order valence-corrected chi connectivity index (χ0v) is 13.4. The number of aromatic nitrogens is 1. The molecule has 1 aromatic heterocycles. The van der Waals surface area contributed by atoms with Crippen molar-refractivity contribution >= 4 is 17.9 Å². The fraction of sp³-hybridized carbons (Fsp3) is 0.533. The molecule has 0 bridgehead atoms. The minimum atomic E-state index is -1.09. The number of carbonyl (C=O) groups excluding carboxylic acids is 1. The number of carbonyl (C=O) groups is 2. The Balaban J connectivity index is 2.17. The van der Waals surface area contributed by atoms with Crippen LogP contribution in [-0.4, -0.2) is 63.4 Å². The lowest BCUT2D eigenvalue weighted by Gasteiger charge is -2.40. The zero-order valence-electron chi connectivity index (χ0n) is 13.4. The summed E-state index contributed by atoms with van der Waals surface area (Å²) in [6, 6.07) is 2.00. The summed E-state index contributed by atoms with van der Waals surface area (Å²) in [5, 5.41) is 19.4. The molecule has 23 heavy (non-hydrogen) atoms. The van der Waals surface area contributed by atoms with Crippen molar-refractivity contribution in [3.8, 4) is 5.75 Å². The van der Waals surface area contributed by atoms with E-state index in [0.29, 0.717) is 0 Å². The Morgan fingerprint density at radius 2 is 2.04 bits per heavy atom. The number of hydrogen-bond acceptors (Lipinski definition) is 6. The number of aromatic hydroxyl groups is 1. The number of carboxylic acids is 1. The SMILES string of the molecule is CC(C)(C)OC(=O)N1CCN(c2ncccc2O)[C@H](C(=O)O)C1. The molecule has 1 aliphatic rings. The maximum absolute atomic E-state index is 12.1. The molecule has 8 heteroatoms. The van der Waals surface area contributed by atoms with Crippen LogP contribution in [0.4, 0.5) is 10.6 Å². The predicted octanol–water partition coefficient (Wildman–Crippen LogP) is 1.30. The first-order valence-corrected chi connectivity index (χ1v) is 7.30. The Bertz CT molecular complexity index is 599. The van der Waals surface area contributed by atoms with E-state index in [-0.39, 0.29) is 31.2 Å². The van der Waals surface area contributed by atoms with Crippen LogP contribution in [0.1, 0.15) is 20.8 Å². The van der Waals surface area contributed by atoms with E-state index in [1.54, 1.807) is 26.8 Å². The van der Waals surface area contributed by atoms with Gasteiger partial charge in [0, 0.05) is 19.3 Å². The summed E-state index contributed by atoms with van der Waals surface area (Å²) in [6.07, 6.45) is 0.933. The molecule has 8 nitrogen and oxygen atoms in total. The average Bonchev–Trinajstić information content (AvgIpc) is 2.45. The van der Waals surface area contributed by atoms with Crippen molar-refractivity contribution in [1.29, 1.82) is 0 Å². The molecular formula is C15H21N3O5. The summed E-state index contributed by atoms with van der Waals surface area (Å²) >= 11 is 0. The Hall–Kier alpha value is -2.51. The second-order valence-corrected chi connectivity index (χ2v) is 6.32. The molecule has 2 N–H and O–H groups in total. The fourth-order valence-corrected chi connectivity index (χ4v) is 2.35. The molecule has 1 fully saturated rings. The van der Waals surface area contributed by atoms with E-state index in [1.165, 1.54) is 22.1 Å². The van der Waals surface area contributed by atoms with E-state index < -0.39 is 23.7 Å². The van der Waals surface area contributed by atoms with Crippen molar-refractivity contribution < 1.29 is 24.5 Å². The third-order valence-corrected chi connectivity index (χ3v) is 3.36. The van der Waals surface area contributed by atoms with Crippen LogP contribution in [0.15, 0.2) is 18.3 Å². The first kappa shape index (κ1) is 16.9. The predicted molar refractivity (Wildman–Crippen MR) is 82.5 cm³/mol. The minimum Gasteiger partial charge on any atom is -0.504 e. The Labute approximate surface area is 134 Å². The number of rotatable bonds is 2. The maximum Gasteiger partial charge on any atom is 0.410 e. The van der Waals surface area contributed by atoms with E-state index in [4.69, 9.17) is 4.74 Å². The lowest BCUT2D eigenvalue weighted by atomic mass is 10.1. The van der Waals surface area contributed by atoms with Crippen LogP contribution < -0.4 is 4.90 Å². The second-order valence-electron chi connectivity index (χ2n) is 6.32. The van der Waals surface area contributed by atoms with Gasteiger partial charge in [0.25, 0.3) is 0 Å². The van der Waals surface area contributed by atoms with Crippen LogP contribution in [0.2, 0.25) is 0 Å². The molecule has 0 spiro atoms. The van der Waals surface area contributed by atoms with Gasteiger partial charge in [-0.2, -0.15) is 0 Å². The Kier molecular flexibility index (Phi) is 4.63. The highest BCUT2D eigenvalue weighted by atomic mass is 16.6. The van der Waals surface area contributed by atoms with Crippen molar-refractivity contribution in [2.75, 3.05) is 24.5 Å². The summed E-state index contributed by atoms with van der Waals surface area (Å²) < 4.78 is 5.28. The molecule has 126 valence electrons. The van der Waals surface area contributed by atoms with Crippen LogP contribution in [-0.2, 0) is 9.53 Å². The highest BCUT2D eigenvalue weighted by Gasteiger charge is 2.37. The largest absolute Gasteiger partial charge is 0.504 e. The van der Waals surface area contributed by atoms with Gasteiger partial charge in [-0.05, 0) is 32.9 Å². The van der Waals surface area contributed by atoms with E-state index in [9.17, 15) is 19.8 Å². The van der Waals surface area contributed by atoms with Gasteiger partial charge in [-0.25, -0.2) is 14.6 Å². The van der Waals surface area contributed by atoms with Crippen LogP contribution in [0, 0.1) is 0 Å². The molecule has 0 radical (unpaired) electrons. The first-order valence-electron chi connectivity index (χ1n) is 7.30. The van der Waals surface area contributed by atoms with Gasteiger partial charge < -0.3 is 24.7 Å². The summed E-state index contributed by atoms with van der Waals surface area (Å²) in [4.78, 5) is 30.6. The molecule has 1 saturated heterocycles. The van der Waals surface area contributed by atoms with Gasteiger partial charge in [0.15, 0.2) is 11.6 Å². The highest BCUT2D eigenvalue weighted by Crippen LogP contribution is 2.27. The molecule has 1 atom stereocenters. The molecular weight excluding hydrogens is 302 g/mol. The summed E-state index contributed by atoms with van der Waals surface area (Å²) in [5.41, 5.74) is -0.647. The number of ether oxygens (including phenoxy) is 1. The zero-order chi connectivity index (χ0) is 17.2. The van der Waals surface area contributed by atoms with E-state index >= 15 is 0 Å². The monoisotopic (exact) mass is 323 g/mol. The van der Waals surface area contributed by atoms with Gasteiger partial charge in [-0.15, -0.1) is 0 Å². The van der Waals surface area contributed by atoms with Gasteiger partial charge in [0.1, 0.15) is 11.6 Å². The Morgan fingerprint density at radius 1 is 1.35 bits per heavy atom. The quantitative estimate of drug-likeness (QED) is 0.845. The molecule has 2 rings (SSSR count). The summed E-state index contributed by atoms with van der Waals surface area (Å²) in [6.45, 7) is 5.74. The van der Waals surface area contributed by atoms with Crippen molar-refractivity contribution in [2.24, 2.45) is 0 Å². The first-order chi connectivity index (χ1) is 10.7. The molecule has 1 amide bonds. The number of pyridine rings is 1. The molecule has 1 aromatic rings. The standard InChI is InChI=1S/C15H21N3O5/c1-15(2,3)23-14(22)17-7-8-18(10(9-17)13(20)21)12-11(19)5-4-6-16-12/h4-6,10,19H,7-9H2,1-3H3,(H,20,21)/t10-/m0/s1. The van der Waals surface area contributed by atoms with Crippen LogP contribution in [0.3, 0.4) is 0 Å². The fourth-order valence-electron chi connectivity index (χ4n) is 2.35.